The predicted octanol–water partition coefficient (Wildman–Crippen LogP) is 5.12. The van der Waals surface area contributed by atoms with Crippen molar-refractivity contribution in [3.8, 4) is 0 Å². The van der Waals surface area contributed by atoms with Gasteiger partial charge in [-0.15, -0.1) is 6.58 Å². The Labute approximate surface area is 128 Å². The third-order valence-corrected chi connectivity index (χ3v) is 3.81. The first kappa shape index (κ1) is 16.6. The molecule has 0 heterocycles. The van der Waals surface area contributed by atoms with Crippen molar-refractivity contribution in [3.63, 3.8) is 0 Å². The summed E-state index contributed by atoms with van der Waals surface area (Å²) in [6.45, 7) is 3.68. The Balaban J connectivity index is 2.44. The minimum atomic E-state index is -4.37. The van der Waals surface area contributed by atoms with Crippen LogP contribution in [0.2, 0.25) is 0 Å². The molecule has 2 rings (SSSR count). The smallest absolute Gasteiger partial charge is 0.416 e. The van der Waals surface area contributed by atoms with Gasteiger partial charge in [-0.05, 0) is 42.5 Å². The molecule has 0 spiro atoms. The number of alkyl halides is 3. The lowest BCUT2D eigenvalue weighted by molar-refractivity contribution is -0.137. The van der Waals surface area contributed by atoms with Crippen molar-refractivity contribution < 1.29 is 22.6 Å². The van der Waals surface area contributed by atoms with E-state index in [0.717, 1.165) is 36.1 Å². The number of benzene rings is 1. The van der Waals surface area contributed by atoms with Crippen LogP contribution < -0.4 is 0 Å². The topological polar surface area (TPSA) is 18.5 Å². The number of halogens is 3. The molecule has 0 bridgehead atoms. The van der Waals surface area contributed by atoms with Gasteiger partial charge in [0.15, 0.2) is 0 Å². The van der Waals surface area contributed by atoms with E-state index >= 15 is 0 Å². The zero-order chi connectivity index (χ0) is 16.3. The Morgan fingerprint density at radius 1 is 1.27 bits per heavy atom. The summed E-state index contributed by atoms with van der Waals surface area (Å²) in [5, 5.41) is 0. The van der Waals surface area contributed by atoms with Gasteiger partial charge in [0.2, 0.25) is 0 Å². The number of fused-ring (bicyclic) bond motifs is 1. The molecule has 0 radical (unpaired) electrons. The highest BCUT2D eigenvalue weighted by molar-refractivity contribution is 5.77. The lowest BCUT2D eigenvalue weighted by atomic mass is 9.99. The summed E-state index contributed by atoms with van der Waals surface area (Å²) in [4.78, 5) is 0. The van der Waals surface area contributed by atoms with Crippen molar-refractivity contribution >= 4 is 5.57 Å². The minimum absolute atomic E-state index is 0.516. The Morgan fingerprint density at radius 3 is 2.55 bits per heavy atom. The van der Waals surface area contributed by atoms with Crippen molar-refractivity contribution in [1.29, 1.82) is 0 Å². The van der Waals surface area contributed by atoms with E-state index in [2.05, 4.69) is 6.58 Å². The molecule has 120 valence electrons. The van der Waals surface area contributed by atoms with Crippen LogP contribution in [0.15, 0.2) is 36.6 Å². The number of allylic oxidation sites excluding steroid dienone is 2. The van der Waals surface area contributed by atoms with Gasteiger partial charge in [0, 0.05) is 12.7 Å². The van der Waals surface area contributed by atoms with Crippen LogP contribution in [0, 0.1) is 0 Å². The molecule has 0 N–H and O–H groups in total. The Kier molecular flexibility index (Phi) is 4.96. The molecular formula is C17H19F3O2. The molecule has 0 fully saturated rings. The second kappa shape index (κ2) is 6.57. The van der Waals surface area contributed by atoms with Gasteiger partial charge in [0.25, 0.3) is 0 Å². The van der Waals surface area contributed by atoms with E-state index in [4.69, 9.17) is 9.47 Å². The van der Waals surface area contributed by atoms with E-state index in [9.17, 15) is 13.2 Å². The molecule has 0 saturated carbocycles. The molecule has 0 aliphatic heterocycles. The van der Waals surface area contributed by atoms with Gasteiger partial charge in [-0.25, -0.2) is 0 Å². The lowest BCUT2D eigenvalue weighted by Crippen LogP contribution is -2.08. The van der Waals surface area contributed by atoms with E-state index in [1.165, 1.54) is 20.3 Å². The highest BCUT2D eigenvalue weighted by atomic mass is 19.4. The molecule has 0 amide bonds. The van der Waals surface area contributed by atoms with Crippen LogP contribution in [0.3, 0.4) is 0 Å². The number of unbranched alkanes of at least 4 members (excludes halogenated alkanes) is 1. The van der Waals surface area contributed by atoms with Crippen LogP contribution >= 0.6 is 0 Å². The van der Waals surface area contributed by atoms with Gasteiger partial charge in [-0.3, -0.25) is 0 Å². The molecule has 0 saturated heterocycles. The second-order valence-corrected chi connectivity index (χ2v) is 5.14. The quantitative estimate of drug-likeness (QED) is 0.536. The van der Waals surface area contributed by atoms with E-state index < -0.39 is 17.8 Å². The fourth-order valence-electron chi connectivity index (χ4n) is 2.81. The van der Waals surface area contributed by atoms with Crippen LogP contribution in [0.4, 0.5) is 13.2 Å². The summed E-state index contributed by atoms with van der Waals surface area (Å²) in [5.74, 6) is 0.598. The Hall–Kier alpha value is -1.75. The molecule has 1 aliphatic rings. The maximum atomic E-state index is 12.9. The highest BCUT2D eigenvalue weighted by Crippen LogP contribution is 2.46. The van der Waals surface area contributed by atoms with Crippen LogP contribution in [0.1, 0.15) is 42.1 Å². The van der Waals surface area contributed by atoms with Crippen LogP contribution in [-0.4, -0.2) is 14.2 Å². The van der Waals surface area contributed by atoms with Gasteiger partial charge in [-0.1, -0.05) is 12.1 Å². The molecule has 1 aromatic carbocycles. The lowest BCUT2D eigenvalue weighted by Gasteiger charge is -2.15. The van der Waals surface area contributed by atoms with E-state index in [-0.39, 0.29) is 0 Å². The third kappa shape index (κ3) is 3.04. The summed E-state index contributed by atoms with van der Waals surface area (Å²) >= 11 is 0. The normalized spacial score (nSPS) is 17.6. The average molecular weight is 312 g/mol. The second-order valence-electron chi connectivity index (χ2n) is 5.14. The van der Waals surface area contributed by atoms with Crippen molar-refractivity contribution in [3.05, 3.63) is 53.3 Å². The highest BCUT2D eigenvalue weighted by Gasteiger charge is 2.36. The predicted molar refractivity (Wildman–Crippen MR) is 79.2 cm³/mol. The van der Waals surface area contributed by atoms with Gasteiger partial charge in [0.1, 0.15) is 11.9 Å². The monoisotopic (exact) mass is 312 g/mol. The van der Waals surface area contributed by atoms with Crippen molar-refractivity contribution in [2.45, 2.75) is 31.5 Å². The summed E-state index contributed by atoms with van der Waals surface area (Å²) in [7, 11) is 2.99. The van der Waals surface area contributed by atoms with E-state index in [0.29, 0.717) is 17.7 Å². The molecule has 5 heteroatoms. The van der Waals surface area contributed by atoms with Crippen molar-refractivity contribution in [1.82, 2.24) is 0 Å². The maximum Gasteiger partial charge on any atom is 0.416 e. The molecule has 22 heavy (non-hydrogen) atoms. The maximum absolute atomic E-state index is 12.9. The van der Waals surface area contributed by atoms with Gasteiger partial charge < -0.3 is 9.47 Å². The number of methoxy groups -OCH3 is 2. The fourth-order valence-corrected chi connectivity index (χ4v) is 2.81. The SMILES string of the molecule is C=CCCCC1=C(OC)C(OC)c2cc(C(F)(F)F)ccc21. The summed E-state index contributed by atoms with van der Waals surface area (Å²) in [6.07, 6.45) is -0.708. The van der Waals surface area contributed by atoms with Crippen LogP contribution in [0.5, 0.6) is 0 Å². The molecular weight excluding hydrogens is 293 g/mol. The molecule has 1 atom stereocenters. The average Bonchev–Trinajstić information content (AvgIpc) is 2.79. The van der Waals surface area contributed by atoms with E-state index in [1.807, 2.05) is 6.08 Å². The Morgan fingerprint density at radius 2 is 2.00 bits per heavy atom. The van der Waals surface area contributed by atoms with E-state index in [1.54, 1.807) is 0 Å². The van der Waals surface area contributed by atoms with Crippen LogP contribution in [0.25, 0.3) is 5.57 Å². The molecule has 2 nitrogen and oxygen atoms in total. The van der Waals surface area contributed by atoms with Gasteiger partial charge in [0.05, 0.1) is 12.7 Å². The molecule has 1 aliphatic carbocycles. The van der Waals surface area contributed by atoms with Crippen molar-refractivity contribution in [2.24, 2.45) is 0 Å². The first-order valence-corrected chi connectivity index (χ1v) is 7.06. The standard InChI is InChI=1S/C17H19F3O2/c1-4-5-6-7-13-12-9-8-11(17(18,19)20)10-14(12)16(22-3)15(13)21-2/h4,8-10,16H,1,5-7H2,2-3H3. The number of ether oxygens (including phenoxy) is 2. The molecule has 0 aromatic heterocycles. The first-order chi connectivity index (χ1) is 10.4. The minimum Gasteiger partial charge on any atom is -0.498 e. The van der Waals surface area contributed by atoms with Crippen LogP contribution in [-0.2, 0) is 15.7 Å². The number of hydrogen-bond acceptors (Lipinski definition) is 2. The zero-order valence-corrected chi connectivity index (χ0v) is 12.7. The van der Waals surface area contributed by atoms with Crippen molar-refractivity contribution in [2.75, 3.05) is 14.2 Å². The number of hydrogen-bond donors (Lipinski definition) is 0. The Bertz CT molecular complexity index is 588. The number of rotatable bonds is 6. The largest absolute Gasteiger partial charge is 0.498 e. The molecule has 1 unspecified atom stereocenters. The zero-order valence-electron chi connectivity index (χ0n) is 12.7. The summed E-state index contributed by atoms with van der Waals surface area (Å²) < 4.78 is 49.5. The third-order valence-electron chi connectivity index (χ3n) is 3.81. The summed E-state index contributed by atoms with van der Waals surface area (Å²) in [6, 6.07) is 3.78. The van der Waals surface area contributed by atoms with Gasteiger partial charge >= 0.3 is 6.18 Å². The first-order valence-electron chi connectivity index (χ1n) is 7.06. The summed E-state index contributed by atoms with van der Waals surface area (Å²) in [5.41, 5.74) is 1.54. The molecule has 1 aromatic rings. The fraction of sp³-hybridized carbons (Fsp3) is 0.412. The van der Waals surface area contributed by atoms with Gasteiger partial charge in [-0.2, -0.15) is 13.2 Å².